The Morgan fingerprint density at radius 1 is 1.33 bits per heavy atom. The lowest BCUT2D eigenvalue weighted by molar-refractivity contribution is -0.107. The van der Waals surface area contributed by atoms with E-state index in [2.05, 4.69) is 41.4 Å². The minimum absolute atomic E-state index is 0.0130. The predicted octanol–water partition coefficient (Wildman–Crippen LogP) is 2.40. The zero-order valence-corrected chi connectivity index (χ0v) is 14.4. The van der Waals surface area contributed by atoms with E-state index in [1.54, 1.807) is 0 Å². The standard InChI is InChI=1S/C19H27N3O2/c1-2-22-12-17(15-6-4-3-5-7-15)24-14-19(22)10-11-21(13-19)18(23)20-16-8-9-16/h3-7,16-17H,2,8-14H2,1H3,(H,20,23). The highest BCUT2D eigenvalue weighted by Crippen LogP contribution is 2.36. The van der Waals surface area contributed by atoms with Gasteiger partial charge in [-0.2, -0.15) is 0 Å². The van der Waals surface area contributed by atoms with Crippen molar-refractivity contribution in [3.8, 4) is 0 Å². The molecule has 5 nitrogen and oxygen atoms in total. The maximum atomic E-state index is 12.4. The van der Waals surface area contributed by atoms with E-state index in [0.717, 1.165) is 45.4 Å². The number of likely N-dealkylation sites (tertiary alicyclic amines) is 1. The first-order chi connectivity index (χ1) is 11.7. The van der Waals surface area contributed by atoms with Crippen LogP contribution in [0.4, 0.5) is 4.79 Å². The van der Waals surface area contributed by atoms with Gasteiger partial charge in [-0.3, -0.25) is 4.90 Å². The molecule has 2 atom stereocenters. The highest BCUT2D eigenvalue weighted by atomic mass is 16.5. The molecule has 2 aliphatic heterocycles. The van der Waals surface area contributed by atoms with Crippen molar-refractivity contribution in [3.05, 3.63) is 35.9 Å². The second-order valence-corrected chi connectivity index (χ2v) is 7.37. The second-order valence-electron chi connectivity index (χ2n) is 7.37. The highest BCUT2D eigenvalue weighted by Gasteiger charge is 2.48. The smallest absolute Gasteiger partial charge is 0.317 e. The summed E-state index contributed by atoms with van der Waals surface area (Å²) >= 11 is 0. The number of hydrogen-bond donors (Lipinski definition) is 1. The molecule has 3 aliphatic rings. The van der Waals surface area contributed by atoms with Gasteiger partial charge in [0.05, 0.1) is 18.2 Å². The molecule has 5 heteroatoms. The SMILES string of the molecule is CCN1CC(c2ccccc2)OCC12CCN(C(=O)NC1CC1)C2. The molecule has 130 valence electrons. The molecule has 1 aromatic rings. The summed E-state index contributed by atoms with van der Waals surface area (Å²) < 4.78 is 6.26. The Balaban J connectivity index is 1.43. The minimum Gasteiger partial charge on any atom is -0.370 e. The van der Waals surface area contributed by atoms with Crippen LogP contribution in [-0.4, -0.2) is 60.2 Å². The molecule has 2 heterocycles. The van der Waals surface area contributed by atoms with Crippen molar-refractivity contribution in [1.82, 2.24) is 15.1 Å². The quantitative estimate of drug-likeness (QED) is 0.926. The van der Waals surface area contributed by atoms with Crippen LogP contribution >= 0.6 is 0 Å². The van der Waals surface area contributed by atoms with Gasteiger partial charge in [-0.25, -0.2) is 4.79 Å². The monoisotopic (exact) mass is 329 g/mol. The van der Waals surface area contributed by atoms with Crippen molar-refractivity contribution in [2.45, 2.75) is 43.9 Å². The molecular weight excluding hydrogens is 302 g/mol. The molecule has 1 aromatic carbocycles. The summed E-state index contributed by atoms with van der Waals surface area (Å²) in [6.07, 6.45) is 3.40. The Morgan fingerprint density at radius 2 is 2.12 bits per heavy atom. The van der Waals surface area contributed by atoms with Crippen LogP contribution in [0.25, 0.3) is 0 Å². The number of nitrogens with zero attached hydrogens (tertiary/aromatic N) is 2. The Kier molecular flexibility index (Phi) is 4.22. The first kappa shape index (κ1) is 15.9. The van der Waals surface area contributed by atoms with Crippen molar-refractivity contribution in [1.29, 1.82) is 0 Å². The van der Waals surface area contributed by atoms with E-state index in [0.29, 0.717) is 12.6 Å². The van der Waals surface area contributed by atoms with Gasteiger partial charge in [0.1, 0.15) is 0 Å². The number of ether oxygens (including phenoxy) is 1. The molecule has 4 rings (SSSR count). The second kappa shape index (κ2) is 6.37. The fourth-order valence-electron chi connectivity index (χ4n) is 4.03. The third kappa shape index (κ3) is 3.03. The fourth-order valence-corrected chi connectivity index (χ4v) is 4.03. The number of likely N-dealkylation sites (N-methyl/N-ethyl adjacent to an activating group) is 1. The molecule has 2 unspecified atom stereocenters. The van der Waals surface area contributed by atoms with Crippen LogP contribution in [0.5, 0.6) is 0 Å². The topological polar surface area (TPSA) is 44.8 Å². The molecule has 3 fully saturated rings. The lowest BCUT2D eigenvalue weighted by atomic mass is 9.93. The summed E-state index contributed by atoms with van der Waals surface area (Å²) in [5, 5.41) is 3.11. The van der Waals surface area contributed by atoms with E-state index in [1.807, 2.05) is 11.0 Å². The first-order valence-corrected chi connectivity index (χ1v) is 9.17. The average Bonchev–Trinajstić information content (AvgIpc) is 3.34. The Hall–Kier alpha value is -1.59. The normalized spacial score (nSPS) is 30.7. The first-order valence-electron chi connectivity index (χ1n) is 9.17. The molecule has 0 bridgehead atoms. The number of nitrogens with one attached hydrogen (secondary N) is 1. The molecule has 1 spiro atoms. The van der Waals surface area contributed by atoms with Crippen LogP contribution in [-0.2, 0) is 4.74 Å². The lowest BCUT2D eigenvalue weighted by Gasteiger charge is -2.47. The maximum absolute atomic E-state index is 12.4. The lowest BCUT2D eigenvalue weighted by Crippen LogP contribution is -2.59. The van der Waals surface area contributed by atoms with Gasteiger partial charge in [-0.1, -0.05) is 37.3 Å². The zero-order valence-electron chi connectivity index (χ0n) is 14.4. The number of urea groups is 1. The summed E-state index contributed by atoms with van der Waals surface area (Å²) in [7, 11) is 0. The average molecular weight is 329 g/mol. The van der Waals surface area contributed by atoms with Crippen molar-refractivity contribution >= 4 is 6.03 Å². The van der Waals surface area contributed by atoms with Gasteiger partial charge in [-0.05, 0) is 31.4 Å². The Bertz CT molecular complexity index is 590. The van der Waals surface area contributed by atoms with Crippen LogP contribution in [0.3, 0.4) is 0 Å². The Labute approximate surface area is 144 Å². The van der Waals surface area contributed by atoms with Crippen molar-refractivity contribution in [2.24, 2.45) is 0 Å². The van der Waals surface area contributed by atoms with Crippen molar-refractivity contribution < 1.29 is 9.53 Å². The number of rotatable bonds is 3. The number of morpholine rings is 1. The molecule has 24 heavy (non-hydrogen) atoms. The van der Waals surface area contributed by atoms with Crippen molar-refractivity contribution in [2.75, 3.05) is 32.8 Å². The summed E-state index contributed by atoms with van der Waals surface area (Å²) in [4.78, 5) is 16.9. The van der Waals surface area contributed by atoms with E-state index >= 15 is 0 Å². The van der Waals surface area contributed by atoms with E-state index in [9.17, 15) is 4.79 Å². The van der Waals surface area contributed by atoms with E-state index < -0.39 is 0 Å². The van der Waals surface area contributed by atoms with Gasteiger partial charge in [0.15, 0.2) is 0 Å². The molecule has 1 N–H and O–H groups in total. The minimum atomic E-state index is -0.0130. The molecular formula is C19H27N3O2. The van der Waals surface area contributed by atoms with Gasteiger partial charge in [-0.15, -0.1) is 0 Å². The molecule has 1 aliphatic carbocycles. The number of carbonyl (C=O) groups is 1. The summed E-state index contributed by atoms with van der Waals surface area (Å²) in [5.74, 6) is 0. The van der Waals surface area contributed by atoms with Crippen LogP contribution in [0.2, 0.25) is 0 Å². The molecule has 0 aromatic heterocycles. The van der Waals surface area contributed by atoms with E-state index in [1.165, 1.54) is 5.56 Å². The third-order valence-corrected chi connectivity index (χ3v) is 5.69. The van der Waals surface area contributed by atoms with Gasteiger partial charge in [0, 0.05) is 25.7 Å². The third-order valence-electron chi connectivity index (χ3n) is 5.69. The van der Waals surface area contributed by atoms with Gasteiger partial charge in [0.25, 0.3) is 0 Å². The molecule has 1 saturated carbocycles. The van der Waals surface area contributed by atoms with Crippen LogP contribution < -0.4 is 5.32 Å². The predicted molar refractivity (Wildman–Crippen MR) is 92.9 cm³/mol. The van der Waals surface area contributed by atoms with Gasteiger partial charge >= 0.3 is 6.03 Å². The van der Waals surface area contributed by atoms with Crippen LogP contribution in [0.1, 0.15) is 37.9 Å². The highest BCUT2D eigenvalue weighted by molar-refractivity contribution is 5.75. The number of hydrogen-bond acceptors (Lipinski definition) is 3. The fraction of sp³-hybridized carbons (Fsp3) is 0.632. The summed E-state index contributed by atoms with van der Waals surface area (Å²) in [5.41, 5.74) is 1.23. The van der Waals surface area contributed by atoms with Gasteiger partial charge < -0.3 is 15.0 Å². The molecule has 2 saturated heterocycles. The zero-order chi connectivity index (χ0) is 16.6. The Morgan fingerprint density at radius 3 is 2.83 bits per heavy atom. The molecule has 2 amide bonds. The van der Waals surface area contributed by atoms with Crippen LogP contribution in [0, 0.1) is 0 Å². The van der Waals surface area contributed by atoms with Crippen LogP contribution in [0.15, 0.2) is 30.3 Å². The van der Waals surface area contributed by atoms with E-state index in [4.69, 9.17) is 4.74 Å². The molecule has 0 radical (unpaired) electrons. The largest absolute Gasteiger partial charge is 0.370 e. The number of carbonyl (C=O) groups excluding carboxylic acids is 1. The summed E-state index contributed by atoms with van der Waals surface area (Å²) in [6, 6.07) is 11.0. The number of amides is 2. The summed E-state index contributed by atoms with van der Waals surface area (Å²) in [6.45, 7) is 6.41. The van der Waals surface area contributed by atoms with Crippen molar-refractivity contribution in [3.63, 3.8) is 0 Å². The number of benzene rings is 1. The van der Waals surface area contributed by atoms with Gasteiger partial charge in [0.2, 0.25) is 0 Å². The maximum Gasteiger partial charge on any atom is 0.317 e. The van der Waals surface area contributed by atoms with E-state index in [-0.39, 0.29) is 17.7 Å².